The van der Waals surface area contributed by atoms with Crippen molar-refractivity contribution in [2.75, 3.05) is 0 Å². The first kappa shape index (κ1) is 12.8. The highest BCUT2D eigenvalue weighted by atomic mass is 19.4. The first-order valence-corrected chi connectivity index (χ1v) is 4.95. The van der Waals surface area contributed by atoms with Crippen molar-refractivity contribution in [3.63, 3.8) is 0 Å². The zero-order valence-electron chi connectivity index (χ0n) is 9.01. The maximum absolute atomic E-state index is 12.4. The van der Waals surface area contributed by atoms with Gasteiger partial charge in [0.25, 0.3) is 0 Å². The molecule has 1 atom stereocenters. The zero-order chi connectivity index (χ0) is 12.2. The Balaban J connectivity index is 2.72. The van der Waals surface area contributed by atoms with Crippen LogP contribution in [-0.2, 0) is 12.7 Å². The van der Waals surface area contributed by atoms with Gasteiger partial charge in [0, 0.05) is 12.6 Å². The number of nitrogens with one attached hydrogen (secondary N) is 1. The highest BCUT2D eigenvalue weighted by Crippen LogP contribution is 2.29. The van der Waals surface area contributed by atoms with E-state index in [4.69, 9.17) is 0 Å². The van der Waals surface area contributed by atoms with E-state index in [1.165, 1.54) is 6.07 Å². The lowest BCUT2D eigenvalue weighted by Crippen LogP contribution is -2.23. The van der Waals surface area contributed by atoms with E-state index in [-0.39, 0.29) is 6.04 Å². The van der Waals surface area contributed by atoms with E-state index >= 15 is 0 Å². The van der Waals surface area contributed by atoms with Crippen LogP contribution in [0.1, 0.15) is 18.1 Å². The molecule has 0 saturated carbocycles. The predicted octanol–water partition coefficient (Wildman–Crippen LogP) is 3.37. The first-order chi connectivity index (χ1) is 7.43. The Morgan fingerprint density at radius 1 is 1.44 bits per heavy atom. The van der Waals surface area contributed by atoms with Gasteiger partial charge in [-0.25, -0.2) is 0 Å². The van der Waals surface area contributed by atoms with Gasteiger partial charge in [-0.15, -0.1) is 6.58 Å². The molecular formula is C12H14F3N. The van der Waals surface area contributed by atoms with Crippen molar-refractivity contribution in [1.82, 2.24) is 5.32 Å². The monoisotopic (exact) mass is 229 g/mol. The van der Waals surface area contributed by atoms with Crippen LogP contribution in [0.4, 0.5) is 13.2 Å². The molecule has 1 rings (SSSR count). The van der Waals surface area contributed by atoms with Gasteiger partial charge in [-0.05, 0) is 18.6 Å². The molecule has 0 radical (unpaired) electrons. The van der Waals surface area contributed by atoms with Gasteiger partial charge in [-0.1, -0.05) is 24.3 Å². The highest BCUT2D eigenvalue weighted by Gasteiger charge is 2.30. The van der Waals surface area contributed by atoms with E-state index in [2.05, 4.69) is 11.9 Å². The average Bonchev–Trinajstić information content (AvgIpc) is 2.25. The van der Waals surface area contributed by atoms with Crippen LogP contribution in [0.15, 0.2) is 36.9 Å². The van der Waals surface area contributed by atoms with E-state index < -0.39 is 11.7 Å². The minimum absolute atomic E-state index is 0.0783. The lowest BCUT2D eigenvalue weighted by molar-refractivity contribution is -0.137. The second kappa shape index (κ2) is 5.16. The van der Waals surface area contributed by atoms with Crippen molar-refractivity contribution in [3.05, 3.63) is 48.0 Å². The van der Waals surface area contributed by atoms with Gasteiger partial charge < -0.3 is 5.32 Å². The standard InChI is InChI=1S/C12H14F3N/c1-3-9(2)16-8-10-5-4-6-11(7-10)12(13,14)15/h3-7,9,16H,1,8H2,2H3. The lowest BCUT2D eigenvalue weighted by Gasteiger charge is -2.11. The summed E-state index contributed by atoms with van der Waals surface area (Å²) in [6.07, 6.45) is -2.58. The second-order valence-electron chi connectivity index (χ2n) is 3.60. The van der Waals surface area contributed by atoms with E-state index in [1.54, 1.807) is 12.1 Å². The smallest absolute Gasteiger partial charge is 0.307 e. The van der Waals surface area contributed by atoms with Crippen molar-refractivity contribution in [2.45, 2.75) is 25.7 Å². The molecule has 0 bridgehead atoms. The van der Waals surface area contributed by atoms with Crippen LogP contribution in [0.5, 0.6) is 0 Å². The molecule has 0 aliphatic carbocycles. The number of hydrogen-bond donors (Lipinski definition) is 1. The molecule has 88 valence electrons. The van der Waals surface area contributed by atoms with Crippen LogP contribution in [0.3, 0.4) is 0 Å². The van der Waals surface area contributed by atoms with E-state index in [9.17, 15) is 13.2 Å². The number of hydrogen-bond acceptors (Lipinski definition) is 1. The third-order valence-corrected chi connectivity index (χ3v) is 2.24. The fraction of sp³-hybridized carbons (Fsp3) is 0.333. The Kier molecular flexibility index (Phi) is 4.12. The second-order valence-corrected chi connectivity index (χ2v) is 3.60. The Labute approximate surface area is 93.0 Å². The minimum Gasteiger partial charge on any atom is -0.307 e. The quantitative estimate of drug-likeness (QED) is 0.780. The molecule has 1 unspecified atom stereocenters. The summed E-state index contributed by atoms with van der Waals surface area (Å²) >= 11 is 0. The highest BCUT2D eigenvalue weighted by molar-refractivity contribution is 5.25. The maximum atomic E-state index is 12.4. The summed E-state index contributed by atoms with van der Waals surface area (Å²) < 4.78 is 37.2. The van der Waals surface area contributed by atoms with Crippen LogP contribution in [-0.4, -0.2) is 6.04 Å². The topological polar surface area (TPSA) is 12.0 Å². The van der Waals surface area contributed by atoms with Crippen molar-refractivity contribution in [3.8, 4) is 0 Å². The number of rotatable bonds is 4. The Morgan fingerprint density at radius 2 is 2.12 bits per heavy atom. The molecule has 0 aliphatic rings. The van der Waals surface area contributed by atoms with Crippen molar-refractivity contribution in [2.24, 2.45) is 0 Å². The number of alkyl halides is 3. The van der Waals surface area contributed by atoms with Crippen LogP contribution in [0, 0.1) is 0 Å². The van der Waals surface area contributed by atoms with Gasteiger partial charge in [0.1, 0.15) is 0 Å². The largest absolute Gasteiger partial charge is 0.416 e. The molecule has 1 nitrogen and oxygen atoms in total. The van der Waals surface area contributed by atoms with E-state index in [0.29, 0.717) is 12.1 Å². The molecule has 1 N–H and O–H groups in total. The molecule has 0 heterocycles. The minimum atomic E-state index is -4.28. The van der Waals surface area contributed by atoms with Crippen LogP contribution >= 0.6 is 0 Å². The fourth-order valence-electron chi connectivity index (χ4n) is 1.22. The van der Waals surface area contributed by atoms with Gasteiger partial charge in [-0.3, -0.25) is 0 Å². The van der Waals surface area contributed by atoms with Crippen LogP contribution in [0.25, 0.3) is 0 Å². The summed E-state index contributed by atoms with van der Waals surface area (Å²) in [6.45, 7) is 5.88. The molecule has 0 aromatic heterocycles. The molecular weight excluding hydrogens is 215 g/mol. The SMILES string of the molecule is C=CC(C)NCc1cccc(C(F)(F)F)c1. The molecule has 4 heteroatoms. The molecule has 0 spiro atoms. The van der Waals surface area contributed by atoms with E-state index in [0.717, 1.165) is 12.1 Å². The van der Waals surface area contributed by atoms with Gasteiger partial charge in [0.2, 0.25) is 0 Å². The molecule has 1 aromatic rings. The fourth-order valence-corrected chi connectivity index (χ4v) is 1.22. The van der Waals surface area contributed by atoms with E-state index in [1.807, 2.05) is 6.92 Å². The van der Waals surface area contributed by atoms with Gasteiger partial charge in [0.05, 0.1) is 5.56 Å². The van der Waals surface area contributed by atoms with Gasteiger partial charge in [-0.2, -0.15) is 13.2 Å². The summed E-state index contributed by atoms with van der Waals surface area (Å²) in [5.74, 6) is 0. The molecule has 1 aromatic carbocycles. The van der Waals surface area contributed by atoms with Gasteiger partial charge in [0.15, 0.2) is 0 Å². The Hall–Kier alpha value is -1.29. The zero-order valence-corrected chi connectivity index (χ0v) is 9.01. The Morgan fingerprint density at radius 3 is 2.69 bits per heavy atom. The molecule has 0 saturated heterocycles. The van der Waals surface area contributed by atoms with Crippen LogP contribution in [0.2, 0.25) is 0 Å². The predicted molar refractivity (Wildman–Crippen MR) is 57.9 cm³/mol. The molecule has 0 aliphatic heterocycles. The molecule has 16 heavy (non-hydrogen) atoms. The van der Waals surface area contributed by atoms with Crippen molar-refractivity contribution in [1.29, 1.82) is 0 Å². The molecule has 0 amide bonds. The van der Waals surface area contributed by atoms with Crippen molar-refractivity contribution >= 4 is 0 Å². The summed E-state index contributed by atoms with van der Waals surface area (Å²) in [7, 11) is 0. The Bertz CT molecular complexity index is 358. The summed E-state index contributed by atoms with van der Waals surface area (Å²) in [5.41, 5.74) is 0.00146. The molecule has 0 fully saturated rings. The average molecular weight is 229 g/mol. The maximum Gasteiger partial charge on any atom is 0.416 e. The number of benzene rings is 1. The summed E-state index contributed by atoms with van der Waals surface area (Å²) in [5, 5.41) is 3.04. The van der Waals surface area contributed by atoms with Crippen LogP contribution < -0.4 is 5.32 Å². The third-order valence-electron chi connectivity index (χ3n) is 2.24. The lowest BCUT2D eigenvalue weighted by atomic mass is 10.1. The number of halogens is 3. The third kappa shape index (κ3) is 3.70. The van der Waals surface area contributed by atoms with Crippen molar-refractivity contribution < 1.29 is 13.2 Å². The first-order valence-electron chi connectivity index (χ1n) is 4.95. The normalized spacial score (nSPS) is 13.5. The van der Waals surface area contributed by atoms with Gasteiger partial charge >= 0.3 is 6.18 Å². The summed E-state index contributed by atoms with van der Waals surface area (Å²) in [6, 6.07) is 5.38. The summed E-state index contributed by atoms with van der Waals surface area (Å²) in [4.78, 5) is 0.